The highest BCUT2D eigenvalue weighted by Gasteiger charge is 2.20. The summed E-state index contributed by atoms with van der Waals surface area (Å²) in [5.41, 5.74) is 2.55. The zero-order chi connectivity index (χ0) is 20.1. The van der Waals surface area contributed by atoms with Crippen molar-refractivity contribution >= 4 is 11.5 Å². The van der Waals surface area contributed by atoms with Crippen molar-refractivity contribution < 1.29 is 19.0 Å². The molecule has 1 N–H and O–H groups in total. The Balaban J connectivity index is 1.47. The van der Waals surface area contributed by atoms with Crippen LogP contribution in [-0.4, -0.2) is 61.2 Å². The van der Waals surface area contributed by atoms with E-state index < -0.39 is 6.10 Å². The smallest absolute Gasteiger partial charge is 0.163 e. The first kappa shape index (κ1) is 20.3. The van der Waals surface area contributed by atoms with Crippen LogP contribution in [0, 0.1) is 12.7 Å². The second-order valence-electron chi connectivity index (χ2n) is 7.28. The summed E-state index contributed by atoms with van der Waals surface area (Å²) in [5.74, 6) is 0.232. The number of piperazine rings is 1. The Bertz CT molecular complexity index is 802. The van der Waals surface area contributed by atoms with E-state index in [0.717, 1.165) is 37.4 Å². The van der Waals surface area contributed by atoms with Crippen molar-refractivity contribution in [3.05, 3.63) is 59.4 Å². The van der Waals surface area contributed by atoms with Crippen LogP contribution in [0.5, 0.6) is 5.75 Å². The van der Waals surface area contributed by atoms with Crippen LogP contribution < -0.4 is 9.64 Å². The van der Waals surface area contributed by atoms with Gasteiger partial charge >= 0.3 is 0 Å². The molecule has 1 aliphatic heterocycles. The lowest BCUT2D eigenvalue weighted by atomic mass is 10.1. The molecule has 5 nitrogen and oxygen atoms in total. The van der Waals surface area contributed by atoms with Crippen LogP contribution in [0.3, 0.4) is 0 Å². The number of carbonyl (C=O) groups excluding carboxylic acids is 1. The van der Waals surface area contributed by atoms with E-state index in [1.807, 2.05) is 13.0 Å². The molecule has 150 valence electrons. The summed E-state index contributed by atoms with van der Waals surface area (Å²) >= 11 is 0. The summed E-state index contributed by atoms with van der Waals surface area (Å²) in [6.45, 7) is 7.38. The molecule has 0 bridgehead atoms. The Hall–Kier alpha value is -2.44. The van der Waals surface area contributed by atoms with Crippen molar-refractivity contribution in [3.63, 3.8) is 0 Å². The van der Waals surface area contributed by atoms with E-state index in [4.69, 9.17) is 4.74 Å². The van der Waals surface area contributed by atoms with Crippen molar-refractivity contribution in [2.45, 2.75) is 20.0 Å². The normalized spacial score (nSPS) is 16.1. The highest BCUT2D eigenvalue weighted by Crippen LogP contribution is 2.21. The fraction of sp³-hybridized carbons (Fsp3) is 0.409. The van der Waals surface area contributed by atoms with Gasteiger partial charge in [-0.2, -0.15) is 0 Å². The van der Waals surface area contributed by atoms with Gasteiger partial charge in [-0.15, -0.1) is 0 Å². The maximum atomic E-state index is 13.1. The fourth-order valence-electron chi connectivity index (χ4n) is 3.42. The van der Waals surface area contributed by atoms with Gasteiger partial charge in [0.05, 0.1) is 5.56 Å². The quantitative estimate of drug-likeness (QED) is 0.742. The third kappa shape index (κ3) is 5.30. The average Bonchev–Trinajstić information content (AvgIpc) is 2.68. The van der Waals surface area contributed by atoms with Crippen LogP contribution in [0.4, 0.5) is 10.1 Å². The first-order valence-electron chi connectivity index (χ1n) is 9.57. The minimum atomic E-state index is -0.640. The second-order valence-corrected chi connectivity index (χ2v) is 7.28. The van der Waals surface area contributed by atoms with E-state index in [2.05, 4.69) is 9.80 Å². The zero-order valence-corrected chi connectivity index (χ0v) is 16.4. The molecule has 1 saturated heterocycles. The van der Waals surface area contributed by atoms with E-state index in [0.29, 0.717) is 17.9 Å². The van der Waals surface area contributed by atoms with Crippen molar-refractivity contribution in [2.24, 2.45) is 0 Å². The van der Waals surface area contributed by atoms with E-state index in [9.17, 15) is 14.3 Å². The Morgan fingerprint density at radius 1 is 1.14 bits per heavy atom. The highest BCUT2D eigenvalue weighted by molar-refractivity contribution is 5.97. The van der Waals surface area contributed by atoms with Crippen LogP contribution in [0.2, 0.25) is 0 Å². The third-order valence-electron chi connectivity index (χ3n) is 4.98. The van der Waals surface area contributed by atoms with Gasteiger partial charge in [0, 0.05) is 38.4 Å². The monoisotopic (exact) mass is 386 g/mol. The van der Waals surface area contributed by atoms with Crippen molar-refractivity contribution in [3.8, 4) is 5.75 Å². The van der Waals surface area contributed by atoms with Gasteiger partial charge in [0.2, 0.25) is 0 Å². The molecule has 0 aromatic heterocycles. The minimum Gasteiger partial charge on any atom is -0.490 e. The lowest BCUT2D eigenvalue weighted by Gasteiger charge is -2.36. The van der Waals surface area contributed by atoms with Crippen molar-refractivity contribution in [1.29, 1.82) is 0 Å². The van der Waals surface area contributed by atoms with Gasteiger partial charge in [0.25, 0.3) is 0 Å². The minimum absolute atomic E-state index is 0.0508. The average molecular weight is 386 g/mol. The van der Waals surface area contributed by atoms with Gasteiger partial charge in [0.15, 0.2) is 5.78 Å². The number of nitrogens with zero attached hydrogens (tertiary/aromatic N) is 2. The molecule has 2 aromatic rings. The number of aryl methyl sites for hydroxylation is 1. The summed E-state index contributed by atoms with van der Waals surface area (Å²) in [6, 6.07) is 12.0. The Kier molecular flexibility index (Phi) is 6.65. The van der Waals surface area contributed by atoms with E-state index in [-0.39, 0.29) is 18.2 Å². The van der Waals surface area contributed by atoms with Crippen molar-refractivity contribution in [2.75, 3.05) is 44.2 Å². The molecule has 0 aliphatic carbocycles. The van der Waals surface area contributed by atoms with Gasteiger partial charge in [-0.1, -0.05) is 11.6 Å². The van der Waals surface area contributed by atoms with Crippen molar-refractivity contribution in [1.82, 2.24) is 4.90 Å². The number of ether oxygens (including phenoxy) is 1. The van der Waals surface area contributed by atoms with Gasteiger partial charge in [-0.05, 0) is 50.2 Å². The molecule has 1 fully saturated rings. The lowest BCUT2D eigenvalue weighted by molar-refractivity contribution is 0.0656. The standard InChI is InChI=1S/C22H27FN2O3/c1-16-3-8-22(21(13-16)17(2)26)28-15-20(27)14-24-9-11-25(12-10-24)19-6-4-18(23)5-7-19/h3-8,13,20,27H,9-12,14-15H2,1-2H3/t20-/m1/s1. The summed E-state index contributed by atoms with van der Waals surface area (Å²) in [4.78, 5) is 16.2. The maximum absolute atomic E-state index is 13.1. The van der Waals surface area contributed by atoms with E-state index in [1.54, 1.807) is 24.3 Å². The zero-order valence-electron chi connectivity index (χ0n) is 16.4. The molecule has 0 unspecified atom stereocenters. The molecule has 3 rings (SSSR count). The van der Waals surface area contributed by atoms with E-state index in [1.165, 1.54) is 19.1 Å². The van der Waals surface area contributed by atoms with Crippen LogP contribution in [0.15, 0.2) is 42.5 Å². The number of aliphatic hydroxyl groups is 1. The number of carbonyl (C=O) groups is 1. The first-order valence-corrected chi connectivity index (χ1v) is 9.57. The largest absolute Gasteiger partial charge is 0.490 e. The molecule has 0 radical (unpaired) electrons. The summed E-state index contributed by atoms with van der Waals surface area (Å²) in [6.07, 6.45) is -0.640. The first-order chi connectivity index (χ1) is 13.4. The Morgan fingerprint density at radius 3 is 2.46 bits per heavy atom. The number of β-amino-alcohol motifs (C(OH)–C–C–N with tert-alkyl or cyclic N) is 1. The molecule has 28 heavy (non-hydrogen) atoms. The summed E-state index contributed by atoms with van der Waals surface area (Å²) in [5, 5.41) is 10.4. The topological polar surface area (TPSA) is 53.0 Å². The third-order valence-corrected chi connectivity index (χ3v) is 4.98. The predicted molar refractivity (Wildman–Crippen MR) is 108 cm³/mol. The predicted octanol–water partition coefficient (Wildman–Crippen LogP) is 2.90. The molecule has 6 heteroatoms. The molecule has 1 heterocycles. The van der Waals surface area contributed by atoms with Gasteiger partial charge < -0.3 is 14.7 Å². The Morgan fingerprint density at radius 2 is 1.82 bits per heavy atom. The maximum Gasteiger partial charge on any atom is 0.163 e. The van der Waals surface area contributed by atoms with Crippen LogP contribution in [0.1, 0.15) is 22.8 Å². The molecule has 2 aromatic carbocycles. The fourth-order valence-corrected chi connectivity index (χ4v) is 3.42. The van der Waals surface area contributed by atoms with E-state index >= 15 is 0 Å². The number of Topliss-reactive ketones (excluding diaryl/α,β-unsaturated/α-hetero) is 1. The molecular formula is C22H27FN2O3. The highest BCUT2D eigenvalue weighted by atomic mass is 19.1. The number of aliphatic hydroxyl groups excluding tert-OH is 1. The number of anilines is 1. The summed E-state index contributed by atoms with van der Waals surface area (Å²) < 4.78 is 18.8. The van der Waals surface area contributed by atoms with Crippen LogP contribution in [-0.2, 0) is 0 Å². The molecule has 1 atom stereocenters. The Labute approximate surface area is 165 Å². The number of ketones is 1. The van der Waals surface area contributed by atoms with Gasteiger partial charge in [0.1, 0.15) is 24.3 Å². The number of halogens is 1. The molecule has 0 amide bonds. The van der Waals surface area contributed by atoms with Crippen LogP contribution >= 0.6 is 0 Å². The molecule has 0 saturated carbocycles. The number of benzene rings is 2. The van der Waals surface area contributed by atoms with Crippen LogP contribution in [0.25, 0.3) is 0 Å². The summed E-state index contributed by atoms with van der Waals surface area (Å²) in [7, 11) is 0. The number of hydrogen-bond acceptors (Lipinski definition) is 5. The molecule has 1 aliphatic rings. The molecular weight excluding hydrogens is 359 g/mol. The number of hydrogen-bond donors (Lipinski definition) is 1. The lowest BCUT2D eigenvalue weighted by Crippen LogP contribution is -2.49. The van der Waals surface area contributed by atoms with Gasteiger partial charge in [-0.3, -0.25) is 9.69 Å². The van der Waals surface area contributed by atoms with Gasteiger partial charge in [-0.25, -0.2) is 4.39 Å². The SMILES string of the molecule is CC(=O)c1cc(C)ccc1OC[C@H](O)CN1CCN(c2ccc(F)cc2)CC1. The molecule has 0 spiro atoms. The second kappa shape index (κ2) is 9.17. The number of rotatable bonds is 7.